The van der Waals surface area contributed by atoms with Gasteiger partial charge >= 0.3 is 6.09 Å². The molecule has 0 unspecified atom stereocenters. The van der Waals surface area contributed by atoms with Crippen LogP contribution in [0.5, 0.6) is 5.75 Å². The number of amides is 2. The standard InChI is InChI=1S/C25H25N5O4/c1-15(31)16-4-6-18(7-5-16)29-25(33)34-20-8-9-23-21(12-20)17(14-28-23)11-22(27)24(32)30-10-2-3-19(30)13-26/h4-9,12,14,19,22,28H,2-3,10-11,27H2,1H3,(H,29,33)/t19-,22-/m0/s1. The highest BCUT2D eigenvalue weighted by Crippen LogP contribution is 2.26. The molecule has 2 atom stereocenters. The lowest BCUT2D eigenvalue weighted by atomic mass is 10.0. The summed E-state index contributed by atoms with van der Waals surface area (Å²) in [6.45, 7) is 2.02. The lowest BCUT2D eigenvalue weighted by molar-refractivity contribution is -0.132. The lowest BCUT2D eigenvalue weighted by Crippen LogP contribution is -2.46. The van der Waals surface area contributed by atoms with Crippen molar-refractivity contribution in [1.82, 2.24) is 9.88 Å². The normalized spacial score (nSPS) is 16.1. The van der Waals surface area contributed by atoms with Crippen molar-refractivity contribution in [2.45, 2.75) is 38.3 Å². The number of ketones is 1. The molecule has 4 N–H and O–H groups in total. The number of nitrogens with one attached hydrogen (secondary N) is 2. The molecule has 0 spiro atoms. The Hall–Kier alpha value is -4.16. The number of Topliss-reactive ketones (excluding diaryl/α,β-unsaturated/α-hetero) is 1. The summed E-state index contributed by atoms with van der Waals surface area (Å²) in [5.74, 6) is 0.0348. The molecule has 9 heteroatoms. The Morgan fingerprint density at radius 1 is 1.26 bits per heavy atom. The third-order valence-electron chi connectivity index (χ3n) is 5.93. The van der Waals surface area contributed by atoms with E-state index in [1.54, 1.807) is 53.6 Å². The zero-order chi connectivity index (χ0) is 24.2. The fraction of sp³-hybridized carbons (Fsp3) is 0.280. The van der Waals surface area contributed by atoms with Gasteiger partial charge in [0.2, 0.25) is 5.91 Å². The molecule has 0 bridgehead atoms. The van der Waals surface area contributed by atoms with E-state index in [1.165, 1.54) is 6.92 Å². The summed E-state index contributed by atoms with van der Waals surface area (Å²) in [6, 6.07) is 12.6. The quantitative estimate of drug-likeness (QED) is 0.483. The van der Waals surface area contributed by atoms with E-state index in [4.69, 9.17) is 10.5 Å². The van der Waals surface area contributed by atoms with Gasteiger partial charge in [0.25, 0.3) is 0 Å². The summed E-state index contributed by atoms with van der Waals surface area (Å²) in [7, 11) is 0. The number of hydrogen-bond acceptors (Lipinski definition) is 6. The zero-order valence-corrected chi connectivity index (χ0v) is 18.7. The Morgan fingerprint density at radius 3 is 2.74 bits per heavy atom. The number of benzene rings is 2. The van der Waals surface area contributed by atoms with Crippen LogP contribution in [-0.4, -0.2) is 46.3 Å². The van der Waals surface area contributed by atoms with E-state index in [-0.39, 0.29) is 18.1 Å². The number of carbonyl (C=O) groups is 3. The van der Waals surface area contributed by atoms with Crippen molar-refractivity contribution >= 4 is 34.4 Å². The van der Waals surface area contributed by atoms with Gasteiger partial charge in [0.05, 0.1) is 12.1 Å². The van der Waals surface area contributed by atoms with Crippen LogP contribution in [0.3, 0.4) is 0 Å². The van der Waals surface area contributed by atoms with Crippen molar-refractivity contribution in [1.29, 1.82) is 5.26 Å². The van der Waals surface area contributed by atoms with Gasteiger partial charge in [0, 0.05) is 34.9 Å². The number of nitrogens with zero attached hydrogens (tertiary/aromatic N) is 2. The van der Waals surface area contributed by atoms with Gasteiger partial charge in [-0.2, -0.15) is 5.26 Å². The van der Waals surface area contributed by atoms with Crippen molar-refractivity contribution in [2.24, 2.45) is 5.73 Å². The minimum atomic E-state index is -0.779. The van der Waals surface area contributed by atoms with Crippen molar-refractivity contribution < 1.29 is 19.1 Å². The van der Waals surface area contributed by atoms with Crippen molar-refractivity contribution in [3.8, 4) is 11.8 Å². The van der Waals surface area contributed by atoms with Gasteiger partial charge in [-0.25, -0.2) is 4.79 Å². The number of aromatic nitrogens is 1. The van der Waals surface area contributed by atoms with E-state index >= 15 is 0 Å². The average molecular weight is 460 g/mol. The SMILES string of the molecule is CC(=O)c1ccc(NC(=O)Oc2ccc3[nH]cc(C[C@H](N)C(=O)N4CCC[C@H]4C#N)c3c2)cc1. The van der Waals surface area contributed by atoms with Gasteiger partial charge in [-0.1, -0.05) is 0 Å². The van der Waals surface area contributed by atoms with Crippen LogP contribution in [0.25, 0.3) is 10.9 Å². The molecule has 9 nitrogen and oxygen atoms in total. The smallest absolute Gasteiger partial charge is 0.410 e. The summed E-state index contributed by atoms with van der Waals surface area (Å²) < 4.78 is 5.42. The summed E-state index contributed by atoms with van der Waals surface area (Å²) in [4.78, 5) is 41.2. The van der Waals surface area contributed by atoms with E-state index in [2.05, 4.69) is 16.4 Å². The first-order chi connectivity index (χ1) is 16.4. The predicted molar refractivity (Wildman–Crippen MR) is 126 cm³/mol. The van der Waals surface area contributed by atoms with Gasteiger partial charge in [-0.05, 0) is 74.2 Å². The summed E-state index contributed by atoms with van der Waals surface area (Å²) >= 11 is 0. The summed E-state index contributed by atoms with van der Waals surface area (Å²) in [5.41, 5.74) is 8.88. The molecule has 2 amide bonds. The van der Waals surface area contributed by atoms with Crippen LogP contribution in [0, 0.1) is 11.3 Å². The third kappa shape index (κ3) is 4.92. The van der Waals surface area contributed by atoms with Crippen LogP contribution in [0.1, 0.15) is 35.7 Å². The second-order valence-corrected chi connectivity index (χ2v) is 8.30. The number of nitrogens with two attached hydrogens (primary N) is 1. The highest BCUT2D eigenvalue weighted by Gasteiger charge is 2.31. The fourth-order valence-electron chi connectivity index (χ4n) is 4.13. The van der Waals surface area contributed by atoms with Crippen LogP contribution in [0.4, 0.5) is 10.5 Å². The first kappa shape index (κ1) is 23.0. The van der Waals surface area contributed by atoms with Crippen LogP contribution < -0.4 is 15.8 Å². The monoisotopic (exact) mass is 459 g/mol. The number of carbonyl (C=O) groups excluding carboxylic acids is 3. The van der Waals surface area contributed by atoms with Gasteiger partial charge in [0.1, 0.15) is 11.8 Å². The number of nitriles is 1. The fourth-order valence-corrected chi connectivity index (χ4v) is 4.13. The molecular formula is C25H25N5O4. The maximum atomic E-state index is 12.8. The molecule has 174 valence electrons. The third-order valence-corrected chi connectivity index (χ3v) is 5.93. The number of likely N-dealkylation sites (tertiary alicyclic amines) is 1. The number of anilines is 1. The van der Waals surface area contributed by atoms with E-state index in [9.17, 15) is 19.6 Å². The van der Waals surface area contributed by atoms with Gasteiger partial charge < -0.3 is 20.4 Å². The zero-order valence-electron chi connectivity index (χ0n) is 18.7. The number of H-pyrrole nitrogens is 1. The Morgan fingerprint density at radius 2 is 2.03 bits per heavy atom. The summed E-state index contributed by atoms with van der Waals surface area (Å²) in [6.07, 6.45) is 2.87. The van der Waals surface area contributed by atoms with E-state index in [0.29, 0.717) is 30.0 Å². The lowest BCUT2D eigenvalue weighted by Gasteiger charge is -2.23. The van der Waals surface area contributed by atoms with Crippen molar-refractivity contribution in [3.05, 3.63) is 59.8 Å². The molecule has 1 aromatic heterocycles. The van der Waals surface area contributed by atoms with Crippen LogP contribution >= 0.6 is 0 Å². The van der Waals surface area contributed by atoms with E-state index in [0.717, 1.165) is 22.9 Å². The minimum absolute atomic E-state index is 0.0588. The second-order valence-electron chi connectivity index (χ2n) is 8.30. The van der Waals surface area contributed by atoms with Gasteiger partial charge in [-0.3, -0.25) is 14.9 Å². The van der Waals surface area contributed by atoms with Crippen molar-refractivity contribution in [3.63, 3.8) is 0 Å². The van der Waals surface area contributed by atoms with Gasteiger partial charge in [0.15, 0.2) is 5.78 Å². The number of hydrogen-bond donors (Lipinski definition) is 3. The first-order valence-corrected chi connectivity index (χ1v) is 11.0. The maximum absolute atomic E-state index is 12.8. The number of ether oxygens (including phenoxy) is 1. The molecule has 0 radical (unpaired) electrons. The number of fused-ring (bicyclic) bond motifs is 1. The highest BCUT2D eigenvalue weighted by molar-refractivity contribution is 5.95. The largest absolute Gasteiger partial charge is 0.417 e. The molecule has 2 heterocycles. The molecule has 34 heavy (non-hydrogen) atoms. The Labute approximate surface area is 196 Å². The molecular weight excluding hydrogens is 434 g/mol. The Kier molecular flexibility index (Phi) is 6.61. The summed E-state index contributed by atoms with van der Waals surface area (Å²) in [5, 5.41) is 12.7. The Balaban J connectivity index is 1.43. The topological polar surface area (TPSA) is 141 Å². The van der Waals surface area contributed by atoms with Crippen LogP contribution in [0.15, 0.2) is 48.7 Å². The molecule has 1 aliphatic rings. The van der Waals surface area contributed by atoms with E-state index in [1.807, 2.05) is 0 Å². The number of aromatic amines is 1. The van der Waals surface area contributed by atoms with Crippen LogP contribution in [0.2, 0.25) is 0 Å². The highest BCUT2D eigenvalue weighted by atomic mass is 16.6. The Bertz CT molecular complexity index is 1270. The predicted octanol–water partition coefficient (Wildman–Crippen LogP) is 3.37. The van der Waals surface area contributed by atoms with E-state index < -0.39 is 18.2 Å². The van der Waals surface area contributed by atoms with Crippen molar-refractivity contribution in [2.75, 3.05) is 11.9 Å². The molecule has 1 aliphatic heterocycles. The second kappa shape index (κ2) is 9.77. The maximum Gasteiger partial charge on any atom is 0.417 e. The molecule has 1 saturated heterocycles. The van der Waals surface area contributed by atoms with Crippen LogP contribution in [-0.2, 0) is 11.2 Å². The molecule has 2 aromatic carbocycles. The minimum Gasteiger partial charge on any atom is -0.410 e. The van der Waals surface area contributed by atoms with Gasteiger partial charge in [-0.15, -0.1) is 0 Å². The molecule has 0 saturated carbocycles. The number of rotatable bonds is 6. The molecule has 3 aromatic rings. The molecule has 4 rings (SSSR count). The first-order valence-electron chi connectivity index (χ1n) is 11.0. The molecule has 1 fully saturated rings. The average Bonchev–Trinajstić information content (AvgIpc) is 3.45. The molecule has 0 aliphatic carbocycles.